The molecule has 0 bridgehead atoms. The summed E-state index contributed by atoms with van der Waals surface area (Å²) in [6.45, 7) is 1.70. The van der Waals surface area contributed by atoms with Crippen molar-refractivity contribution in [2.75, 3.05) is 12.0 Å². The fourth-order valence-corrected chi connectivity index (χ4v) is 3.81. The maximum Gasteiger partial charge on any atom is 0.284 e. The van der Waals surface area contributed by atoms with E-state index in [4.69, 9.17) is 11.6 Å². The van der Waals surface area contributed by atoms with E-state index in [-0.39, 0.29) is 17.0 Å². The van der Waals surface area contributed by atoms with Crippen LogP contribution in [0.15, 0.2) is 59.4 Å². The number of hydrogen-bond acceptors (Lipinski definition) is 4. The van der Waals surface area contributed by atoms with Crippen LogP contribution in [-0.4, -0.2) is 38.3 Å². The van der Waals surface area contributed by atoms with Gasteiger partial charge in [0, 0.05) is 10.6 Å². The Balaban J connectivity index is 2.12. The zero-order valence-corrected chi connectivity index (χ0v) is 17.8. The molecule has 30 heavy (non-hydrogen) atoms. The third kappa shape index (κ3) is 5.27. The maximum atomic E-state index is 13.7. The van der Waals surface area contributed by atoms with E-state index in [2.05, 4.69) is 10.4 Å². The molecule has 1 N–H and O–H groups in total. The van der Waals surface area contributed by atoms with Crippen molar-refractivity contribution in [1.29, 1.82) is 0 Å². The Bertz CT molecular complexity index is 1120. The minimum atomic E-state index is -1.11. The van der Waals surface area contributed by atoms with Gasteiger partial charge in [-0.05, 0) is 43.3 Å². The van der Waals surface area contributed by atoms with E-state index >= 15 is 0 Å². The lowest BCUT2D eigenvalue weighted by Gasteiger charge is -2.15. The number of aromatic nitrogens is 2. The van der Waals surface area contributed by atoms with Crippen LogP contribution in [0.5, 0.6) is 0 Å². The molecule has 2 aromatic carbocycles. The zero-order valence-electron chi connectivity index (χ0n) is 16.3. The van der Waals surface area contributed by atoms with Gasteiger partial charge in [0.1, 0.15) is 17.1 Å². The van der Waals surface area contributed by atoms with Crippen molar-refractivity contribution in [3.05, 3.63) is 81.4 Å². The molecule has 0 unspecified atom stereocenters. The number of amides is 1. The summed E-state index contributed by atoms with van der Waals surface area (Å²) in [7, 11) is 0. The lowest BCUT2D eigenvalue weighted by molar-refractivity contribution is 0.0941. The van der Waals surface area contributed by atoms with E-state index in [1.165, 1.54) is 30.5 Å². The first kappa shape index (κ1) is 22.0. The molecule has 0 aliphatic carbocycles. The first-order valence-corrected chi connectivity index (χ1v) is 11.1. The molecular weight excluding hydrogens is 429 g/mol. The summed E-state index contributed by atoms with van der Waals surface area (Å²) in [5.74, 6) is -0.914. The normalized spacial score (nSPS) is 13.0. The molecule has 3 rings (SSSR count). The second-order valence-electron chi connectivity index (χ2n) is 6.76. The van der Waals surface area contributed by atoms with Crippen molar-refractivity contribution < 1.29 is 13.7 Å². The molecule has 0 aliphatic rings. The molecule has 0 saturated heterocycles. The van der Waals surface area contributed by atoms with Gasteiger partial charge >= 0.3 is 0 Å². The van der Waals surface area contributed by atoms with Crippen LogP contribution in [0.2, 0.25) is 5.02 Å². The van der Waals surface area contributed by atoms with Gasteiger partial charge in [-0.1, -0.05) is 41.0 Å². The molecule has 0 fully saturated rings. The van der Waals surface area contributed by atoms with Crippen molar-refractivity contribution in [2.24, 2.45) is 0 Å². The quantitative estimate of drug-likeness (QED) is 0.588. The molecule has 2 atom stereocenters. The van der Waals surface area contributed by atoms with E-state index in [0.717, 1.165) is 10.7 Å². The number of nitrogens with zero attached hydrogens (tertiary/aromatic N) is 2. The van der Waals surface area contributed by atoms with Crippen LogP contribution in [0.3, 0.4) is 0 Å². The van der Waals surface area contributed by atoms with Gasteiger partial charge in [-0.2, -0.15) is 9.78 Å². The van der Waals surface area contributed by atoms with Crippen LogP contribution in [0.4, 0.5) is 4.39 Å². The second kappa shape index (κ2) is 9.42. The van der Waals surface area contributed by atoms with E-state index in [0.29, 0.717) is 16.3 Å². The van der Waals surface area contributed by atoms with Gasteiger partial charge in [-0.3, -0.25) is 9.59 Å². The third-order valence-electron chi connectivity index (χ3n) is 4.21. The van der Waals surface area contributed by atoms with Crippen LogP contribution in [0.1, 0.15) is 17.3 Å². The van der Waals surface area contributed by atoms with Crippen LogP contribution >= 0.6 is 11.6 Å². The molecule has 9 heteroatoms. The van der Waals surface area contributed by atoms with Crippen LogP contribution in [0.25, 0.3) is 16.9 Å². The van der Waals surface area contributed by atoms with Gasteiger partial charge < -0.3 is 9.87 Å². The summed E-state index contributed by atoms with van der Waals surface area (Å²) < 4.78 is 26.1. The van der Waals surface area contributed by atoms with Gasteiger partial charge in [0.25, 0.3) is 11.5 Å². The van der Waals surface area contributed by atoms with E-state index < -0.39 is 34.5 Å². The predicted octanol–water partition coefficient (Wildman–Crippen LogP) is 3.19. The van der Waals surface area contributed by atoms with Gasteiger partial charge in [-0.25, -0.2) is 4.39 Å². The second-order valence-corrected chi connectivity index (χ2v) is 8.68. The lowest BCUT2D eigenvalue weighted by atomic mass is 10.1. The molecular formula is C21H19ClFN3O3S. The van der Waals surface area contributed by atoms with Gasteiger partial charge in [0.2, 0.25) is 0 Å². The van der Waals surface area contributed by atoms with Crippen LogP contribution in [-0.2, 0) is 11.2 Å². The average molecular weight is 448 g/mol. The van der Waals surface area contributed by atoms with Gasteiger partial charge in [0.15, 0.2) is 0 Å². The van der Waals surface area contributed by atoms with E-state index in [1.807, 2.05) is 0 Å². The Labute approximate surface area is 180 Å². The third-order valence-corrected chi connectivity index (χ3v) is 5.43. The van der Waals surface area contributed by atoms with Gasteiger partial charge in [-0.15, -0.1) is 0 Å². The Morgan fingerprint density at radius 2 is 1.97 bits per heavy atom. The Kier molecular flexibility index (Phi) is 6.91. The predicted molar refractivity (Wildman–Crippen MR) is 116 cm³/mol. The molecule has 6 nitrogen and oxygen atoms in total. The zero-order chi connectivity index (χ0) is 21.8. The number of hydrogen-bond donors (Lipinski definition) is 1. The maximum absolute atomic E-state index is 13.7. The number of carbonyl (C=O) groups is 1. The summed E-state index contributed by atoms with van der Waals surface area (Å²) in [6, 6.07) is 13.1. The fourth-order valence-electron chi connectivity index (χ4n) is 2.90. The van der Waals surface area contributed by atoms with Crippen molar-refractivity contribution >= 4 is 28.7 Å². The Hall–Kier alpha value is -2.68. The average Bonchev–Trinajstić information content (AvgIpc) is 2.68. The number of carbonyl (C=O) groups excluding carboxylic acids is 1. The smallest absolute Gasteiger partial charge is 0.284 e. The summed E-state index contributed by atoms with van der Waals surface area (Å²) in [5.41, 5.74) is 0.301. The Morgan fingerprint density at radius 1 is 1.27 bits per heavy atom. The number of benzene rings is 2. The minimum Gasteiger partial charge on any atom is -0.616 e. The largest absolute Gasteiger partial charge is 0.616 e. The highest BCUT2D eigenvalue weighted by Gasteiger charge is 2.20. The topological polar surface area (TPSA) is 87.0 Å². The molecule has 1 amide bonds. The highest BCUT2D eigenvalue weighted by atomic mass is 35.5. The van der Waals surface area contributed by atoms with Crippen molar-refractivity contribution in [2.45, 2.75) is 13.0 Å². The summed E-state index contributed by atoms with van der Waals surface area (Å²) in [4.78, 5) is 25.8. The number of nitrogens with one attached hydrogen (secondary N) is 1. The molecule has 0 aliphatic heterocycles. The highest BCUT2D eigenvalue weighted by Crippen LogP contribution is 2.20. The molecule has 0 radical (unpaired) electrons. The summed E-state index contributed by atoms with van der Waals surface area (Å²) >= 11 is 4.83. The van der Waals surface area contributed by atoms with Gasteiger partial charge in [0.05, 0.1) is 23.7 Å². The summed E-state index contributed by atoms with van der Waals surface area (Å²) in [5, 5.41) is 7.52. The fraction of sp³-hybridized carbons (Fsp3) is 0.190. The molecule has 3 aromatic rings. The van der Waals surface area contributed by atoms with Crippen molar-refractivity contribution in [3.63, 3.8) is 0 Å². The molecule has 0 saturated carbocycles. The standard InChI is InChI=1S/C21H19ClFN3O3S/c1-13(12-30(2)29)24-20(27)18-11-19(14-6-8-15(22)9-7-14)25-26(21(18)28)17-5-3-4-16(23)10-17/h3-11,13H,12H2,1-2H3,(H,24,27)/t13-,30-/m0/s1. The molecule has 1 aromatic heterocycles. The van der Waals surface area contributed by atoms with Crippen LogP contribution in [0, 0.1) is 5.82 Å². The minimum absolute atomic E-state index is 0.159. The molecule has 1 heterocycles. The first-order chi connectivity index (χ1) is 14.2. The molecule has 0 spiro atoms. The van der Waals surface area contributed by atoms with E-state index in [9.17, 15) is 18.5 Å². The summed E-state index contributed by atoms with van der Waals surface area (Å²) in [6.07, 6.45) is 1.53. The molecule has 156 valence electrons. The SMILES string of the molecule is C[C@@H](C[S@+](C)[O-])NC(=O)c1cc(-c2ccc(Cl)cc2)nn(-c2cccc(F)c2)c1=O. The number of rotatable bonds is 6. The van der Waals surface area contributed by atoms with E-state index in [1.54, 1.807) is 31.2 Å². The first-order valence-electron chi connectivity index (χ1n) is 9.01. The monoisotopic (exact) mass is 447 g/mol. The Morgan fingerprint density at radius 3 is 2.60 bits per heavy atom. The number of halogens is 2. The van der Waals surface area contributed by atoms with Crippen molar-refractivity contribution in [1.82, 2.24) is 15.1 Å². The lowest BCUT2D eigenvalue weighted by Crippen LogP contribution is -2.41. The van der Waals surface area contributed by atoms with Crippen LogP contribution < -0.4 is 10.9 Å². The van der Waals surface area contributed by atoms with Crippen molar-refractivity contribution in [3.8, 4) is 16.9 Å². The highest BCUT2D eigenvalue weighted by molar-refractivity contribution is 7.90.